The first-order valence-electron chi connectivity index (χ1n) is 10.7. The molecule has 0 amide bonds. The van der Waals surface area contributed by atoms with Gasteiger partial charge in [0.15, 0.2) is 0 Å². The fraction of sp³-hybridized carbons (Fsp3) is 0.417. The van der Waals surface area contributed by atoms with Gasteiger partial charge in [0.05, 0.1) is 6.20 Å². The van der Waals surface area contributed by atoms with Gasteiger partial charge in [-0.3, -0.25) is 4.68 Å². The van der Waals surface area contributed by atoms with E-state index >= 15 is 0 Å². The van der Waals surface area contributed by atoms with Crippen molar-refractivity contribution in [3.63, 3.8) is 0 Å². The van der Waals surface area contributed by atoms with Crippen molar-refractivity contribution in [3.8, 4) is 11.1 Å². The van der Waals surface area contributed by atoms with Crippen LogP contribution in [0, 0.1) is 17.7 Å². The van der Waals surface area contributed by atoms with E-state index in [-0.39, 0.29) is 5.82 Å². The highest BCUT2D eigenvalue weighted by molar-refractivity contribution is 5.89. The zero-order valence-corrected chi connectivity index (χ0v) is 18.0. The number of fused-ring (bicyclic) bond motifs is 1. The zero-order chi connectivity index (χ0) is 21.3. The van der Waals surface area contributed by atoms with Crippen LogP contribution in [0.3, 0.4) is 0 Å². The molecule has 1 aliphatic rings. The number of allylic oxidation sites excluding steroid dienone is 1. The van der Waals surface area contributed by atoms with Crippen LogP contribution in [0.4, 0.5) is 10.2 Å². The van der Waals surface area contributed by atoms with E-state index in [0.717, 1.165) is 54.7 Å². The van der Waals surface area contributed by atoms with Gasteiger partial charge in [0, 0.05) is 48.6 Å². The van der Waals surface area contributed by atoms with Gasteiger partial charge in [-0.1, -0.05) is 20.4 Å². The van der Waals surface area contributed by atoms with Crippen LogP contribution in [0.1, 0.15) is 26.7 Å². The van der Waals surface area contributed by atoms with Gasteiger partial charge in [0.2, 0.25) is 0 Å². The second-order valence-electron chi connectivity index (χ2n) is 8.77. The average Bonchev–Trinajstić information content (AvgIpc) is 3.14. The van der Waals surface area contributed by atoms with Gasteiger partial charge in [-0.05, 0) is 61.0 Å². The number of rotatable bonds is 6. The molecule has 3 heterocycles. The highest BCUT2D eigenvalue weighted by atomic mass is 19.1. The maximum Gasteiger partial charge on any atom is 0.133 e. The highest BCUT2D eigenvalue weighted by Crippen LogP contribution is 2.29. The summed E-state index contributed by atoms with van der Waals surface area (Å²) in [7, 11) is 1.85. The van der Waals surface area contributed by atoms with E-state index in [2.05, 4.69) is 40.7 Å². The number of nitrogens with zero attached hydrogens (tertiary/aromatic N) is 4. The average molecular weight is 408 g/mol. The largest absolute Gasteiger partial charge is 0.344 e. The number of nitrogens with one attached hydrogen (secondary N) is 1. The van der Waals surface area contributed by atoms with Gasteiger partial charge in [-0.2, -0.15) is 5.10 Å². The van der Waals surface area contributed by atoms with E-state index in [1.54, 1.807) is 17.1 Å². The van der Waals surface area contributed by atoms with Crippen molar-refractivity contribution in [3.05, 3.63) is 54.9 Å². The molecular weight excluding hydrogens is 377 g/mol. The fourth-order valence-electron chi connectivity index (χ4n) is 4.27. The Morgan fingerprint density at radius 1 is 1.20 bits per heavy atom. The minimum atomic E-state index is -0.276. The predicted molar refractivity (Wildman–Crippen MR) is 121 cm³/mol. The van der Waals surface area contributed by atoms with Crippen LogP contribution in [0.15, 0.2) is 49.1 Å². The summed E-state index contributed by atoms with van der Waals surface area (Å²) in [6.07, 6.45) is 7.43. The second kappa shape index (κ2) is 8.56. The Hall–Kier alpha value is -2.73. The van der Waals surface area contributed by atoms with Gasteiger partial charge >= 0.3 is 0 Å². The number of aromatic nitrogens is 3. The van der Waals surface area contributed by atoms with Crippen LogP contribution in [-0.4, -0.2) is 39.3 Å². The number of halogens is 1. The number of hydrogen-bond donors (Lipinski definition) is 1. The molecule has 1 N–H and O–H groups in total. The van der Waals surface area contributed by atoms with E-state index in [1.165, 1.54) is 6.07 Å². The van der Waals surface area contributed by atoms with E-state index in [0.29, 0.717) is 23.0 Å². The molecule has 0 saturated carbocycles. The first-order chi connectivity index (χ1) is 14.4. The summed E-state index contributed by atoms with van der Waals surface area (Å²) in [5, 5.41) is 8.89. The third kappa shape index (κ3) is 4.54. The summed E-state index contributed by atoms with van der Waals surface area (Å²) in [6.45, 7) is 12.2. The van der Waals surface area contributed by atoms with Crippen LogP contribution in [0.25, 0.3) is 21.9 Å². The van der Waals surface area contributed by atoms with Gasteiger partial charge in [-0.15, -0.1) is 0 Å². The van der Waals surface area contributed by atoms with Crippen molar-refractivity contribution in [1.82, 2.24) is 19.7 Å². The molecule has 6 heteroatoms. The first-order valence-corrected chi connectivity index (χ1v) is 10.7. The fourth-order valence-corrected chi connectivity index (χ4v) is 4.27. The minimum absolute atomic E-state index is 0.276. The van der Waals surface area contributed by atoms with Crippen LogP contribution >= 0.6 is 0 Å². The molecule has 0 radical (unpaired) electrons. The molecular formula is C24H30FN5. The van der Waals surface area contributed by atoms with Gasteiger partial charge < -0.3 is 10.2 Å². The lowest BCUT2D eigenvalue weighted by molar-refractivity contribution is 0.181. The third-order valence-electron chi connectivity index (χ3n) is 5.82. The van der Waals surface area contributed by atoms with Crippen LogP contribution < -0.4 is 5.32 Å². The molecule has 0 atom stereocenters. The Morgan fingerprint density at radius 3 is 2.63 bits per heavy atom. The molecule has 0 aliphatic carbocycles. The number of aryl methyl sites for hydroxylation is 1. The van der Waals surface area contributed by atoms with Gasteiger partial charge in [0.1, 0.15) is 11.6 Å². The molecule has 0 unspecified atom stereocenters. The van der Waals surface area contributed by atoms with E-state index < -0.39 is 0 Å². The lowest BCUT2D eigenvalue weighted by atomic mass is 9.93. The monoisotopic (exact) mass is 407 g/mol. The number of likely N-dealkylation sites (tertiary alicyclic amines) is 1. The summed E-state index contributed by atoms with van der Waals surface area (Å²) in [6, 6.07) is 5.42. The molecule has 30 heavy (non-hydrogen) atoms. The molecule has 1 saturated heterocycles. The smallest absolute Gasteiger partial charge is 0.133 e. The summed E-state index contributed by atoms with van der Waals surface area (Å²) < 4.78 is 16.4. The summed E-state index contributed by atoms with van der Waals surface area (Å²) in [4.78, 5) is 6.96. The molecule has 158 valence electrons. The number of hydrogen-bond acceptors (Lipinski definition) is 4. The molecule has 2 aromatic heterocycles. The number of pyridine rings is 1. The highest BCUT2D eigenvalue weighted by Gasteiger charge is 2.22. The van der Waals surface area contributed by atoms with E-state index in [9.17, 15) is 4.39 Å². The van der Waals surface area contributed by atoms with Crippen molar-refractivity contribution in [2.45, 2.75) is 26.7 Å². The molecule has 1 fully saturated rings. The molecule has 3 aromatic rings. The molecule has 4 rings (SSSR count). The number of anilines is 1. The Kier molecular flexibility index (Phi) is 5.86. The lowest BCUT2D eigenvalue weighted by Crippen LogP contribution is -2.37. The number of piperidine rings is 1. The zero-order valence-electron chi connectivity index (χ0n) is 18.0. The molecule has 0 bridgehead atoms. The Morgan fingerprint density at radius 2 is 1.97 bits per heavy atom. The molecule has 1 aromatic carbocycles. The van der Waals surface area contributed by atoms with Crippen molar-refractivity contribution < 1.29 is 4.39 Å². The van der Waals surface area contributed by atoms with Crippen LogP contribution in [0.2, 0.25) is 0 Å². The maximum atomic E-state index is 14.6. The quantitative estimate of drug-likeness (QED) is 0.620. The van der Waals surface area contributed by atoms with Crippen molar-refractivity contribution in [2.75, 3.05) is 25.0 Å². The lowest BCUT2D eigenvalue weighted by Gasteiger charge is -2.33. The van der Waals surface area contributed by atoms with Gasteiger partial charge in [-0.25, -0.2) is 9.37 Å². The summed E-state index contributed by atoms with van der Waals surface area (Å²) in [5.41, 5.74) is 2.69. The van der Waals surface area contributed by atoms with Gasteiger partial charge in [0.25, 0.3) is 0 Å². The minimum Gasteiger partial charge on any atom is -0.344 e. The standard InChI is InChI=1S/C24H30FN5/c1-16(2)14-30-7-5-18(6-8-30)17(3)28-24-11-20-9-19(21-12-27-29(4)15-21)10-23(25)22(20)13-26-24/h9-13,15-16,18H,3,5-8,14H2,1-2,4H3,(H,26,28). The molecule has 1 aliphatic heterocycles. The van der Waals surface area contributed by atoms with Crippen molar-refractivity contribution in [1.29, 1.82) is 0 Å². The maximum absolute atomic E-state index is 14.6. The normalized spacial score (nSPS) is 15.8. The molecule has 0 spiro atoms. The van der Waals surface area contributed by atoms with Crippen molar-refractivity contribution >= 4 is 16.6 Å². The van der Waals surface area contributed by atoms with Crippen LogP contribution in [-0.2, 0) is 7.05 Å². The topological polar surface area (TPSA) is 46.0 Å². The molecule has 5 nitrogen and oxygen atoms in total. The third-order valence-corrected chi connectivity index (χ3v) is 5.82. The summed E-state index contributed by atoms with van der Waals surface area (Å²) in [5.74, 6) is 1.56. The number of benzene rings is 1. The van der Waals surface area contributed by atoms with Crippen LogP contribution in [0.5, 0.6) is 0 Å². The SMILES string of the molecule is C=C(Nc1cc2cc(-c3cnn(C)c3)cc(F)c2cn1)C1CCN(CC(C)C)CC1. The first kappa shape index (κ1) is 20.5. The Balaban J connectivity index is 1.49. The second-order valence-corrected chi connectivity index (χ2v) is 8.77. The Labute approximate surface area is 177 Å². The van der Waals surface area contributed by atoms with E-state index in [4.69, 9.17) is 0 Å². The Bertz CT molecular complexity index is 1050. The summed E-state index contributed by atoms with van der Waals surface area (Å²) >= 11 is 0. The predicted octanol–water partition coefficient (Wildman–Crippen LogP) is 5.07. The van der Waals surface area contributed by atoms with Crippen molar-refractivity contribution in [2.24, 2.45) is 18.9 Å². The van der Waals surface area contributed by atoms with E-state index in [1.807, 2.05) is 25.4 Å².